The summed E-state index contributed by atoms with van der Waals surface area (Å²) in [5.74, 6) is 0.119. The highest BCUT2D eigenvalue weighted by Crippen LogP contribution is 2.11. The molecule has 2 saturated heterocycles. The second-order valence-corrected chi connectivity index (χ2v) is 13.0. The third-order valence-electron chi connectivity index (χ3n) is 7.76. The van der Waals surface area contributed by atoms with E-state index in [2.05, 4.69) is 21.3 Å². The van der Waals surface area contributed by atoms with Crippen LogP contribution >= 0.6 is 0 Å². The maximum atomic E-state index is 13.1. The van der Waals surface area contributed by atoms with Crippen molar-refractivity contribution in [1.82, 2.24) is 26.2 Å². The van der Waals surface area contributed by atoms with Gasteiger partial charge in [-0.05, 0) is 44.4 Å². The first-order valence-corrected chi connectivity index (χ1v) is 18.3. The molecule has 0 bridgehead atoms. The second-order valence-electron chi connectivity index (χ2n) is 13.0. The second kappa shape index (κ2) is 26.5. The van der Waals surface area contributed by atoms with Crippen LogP contribution in [0.2, 0.25) is 0 Å². The molecule has 0 aromatic heterocycles. The van der Waals surface area contributed by atoms with Crippen LogP contribution in [0.1, 0.15) is 104 Å². The number of amides is 6. The lowest BCUT2D eigenvalue weighted by Gasteiger charge is -2.21. The van der Waals surface area contributed by atoms with Crippen molar-refractivity contribution in [3.63, 3.8) is 0 Å². The van der Waals surface area contributed by atoms with E-state index in [9.17, 15) is 24.0 Å². The average molecular weight is 700 g/mol. The number of carbonyl (C=O) groups excluding carboxylic acids is 5. The van der Waals surface area contributed by atoms with Crippen molar-refractivity contribution >= 4 is 30.2 Å². The van der Waals surface area contributed by atoms with E-state index in [1.54, 1.807) is 0 Å². The lowest BCUT2D eigenvalue weighted by Crippen LogP contribution is -2.44. The molecule has 6 amide bonds. The van der Waals surface area contributed by atoms with Gasteiger partial charge in [-0.1, -0.05) is 58.8 Å². The lowest BCUT2D eigenvalue weighted by atomic mass is 10.1. The normalized spacial score (nSPS) is 16.0. The van der Waals surface area contributed by atoms with Crippen molar-refractivity contribution in [2.45, 2.75) is 116 Å². The topological polar surface area (TPSA) is 189 Å². The molecule has 2 fully saturated rings. The molecule has 0 aromatic carbocycles. The Morgan fingerprint density at radius 2 is 1.00 bits per heavy atom. The van der Waals surface area contributed by atoms with Crippen LogP contribution in [0.4, 0.5) is 19.2 Å². The molecule has 4 N–H and O–H groups in total. The zero-order valence-corrected chi connectivity index (χ0v) is 29.7. The molecule has 2 atom stereocenters. The number of epoxide rings is 2. The highest BCUT2D eigenvalue weighted by Gasteiger charge is 2.25. The number of nitrogens with one attached hydrogen (secondary N) is 4. The molecule has 15 nitrogen and oxygen atoms in total. The molecular weight excluding hydrogens is 638 g/mol. The summed E-state index contributed by atoms with van der Waals surface area (Å²) in [6.45, 7) is 8.61. The number of ether oxygens (including phenoxy) is 5. The molecule has 2 rings (SSSR count). The van der Waals surface area contributed by atoms with Gasteiger partial charge < -0.3 is 45.0 Å². The van der Waals surface area contributed by atoms with E-state index < -0.39 is 12.2 Å². The van der Waals surface area contributed by atoms with Crippen LogP contribution < -0.4 is 21.3 Å². The van der Waals surface area contributed by atoms with Gasteiger partial charge in [-0.15, -0.1) is 0 Å². The van der Waals surface area contributed by atoms with Gasteiger partial charge in [0.1, 0.15) is 25.4 Å². The summed E-state index contributed by atoms with van der Waals surface area (Å²) in [6, 6.07) is -0.367. The molecule has 0 radical (unpaired) electrons. The number of carbonyl (C=O) groups is 5. The molecule has 0 spiro atoms. The van der Waals surface area contributed by atoms with Gasteiger partial charge in [-0.25, -0.2) is 19.2 Å². The minimum absolute atomic E-state index is 0.0355. The first-order valence-electron chi connectivity index (χ1n) is 18.3. The summed E-state index contributed by atoms with van der Waals surface area (Å²) < 4.78 is 25.2. The third-order valence-corrected chi connectivity index (χ3v) is 7.76. The van der Waals surface area contributed by atoms with E-state index in [-0.39, 0.29) is 43.5 Å². The van der Waals surface area contributed by atoms with Crippen LogP contribution in [0.5, 0.6) is 0 Å². The Morgan fingerprint density at radius 3 is 1.47 bits per heavy atom. The van der Waals surface area contributed by atoms with Gasteiger partial charge >= 0.3 is 24.3 Å². The third kappa shape index (κ3) is 24.5. The fourth-order valence-corrected chi connectivity index (χ4v) is 4.68. The van der Waals surface area contributed by atoms with E-state index in [1.165, 1.54) is 4.90 Å². The number of hydrogen-bond acceptors (Lipinski definition) is 10. The first kappa shape index (κ1) is 41.8. The molecule has 0 aromatic rings. The number of hydrogen-bond donors (Lipinski definition) is 4. The predicted octanol–water partition coefficient (Wildman–Crippen LogP) is 4.62. The van der Waals surface area contributed by atoms with Crippen molar-refractivity contribution < 1.29 is 47.7 Å². The zero-order chi connectivity index (χ0) is 35.5. The van der Waals surface area contributed by atoms with Crippen LogP contribution in [0.25, 0.3) is 0 Å². The first-order chi connectivity index (χ1) is 23.7. The van der Waals surface area contributed by atoms with E-state index in [0.717, 1.165) is 70.6 Å². The van der Waals surface area contributed by atoms with Crippen LogP contribution in [0, 0.1) is 5.92 Å². The van der Waals surface area contributed by atoms with E-state index in [4.69, 9.17) is 23.7 Å². The largest absolute Gasteiger partial charge is 0.449 e. The van der Waals surface area contributed by atoms with E-state index >= 15 is 0 Å². The summed E-state index contributed by atoms with van der Waals surface area (Å²) >= 11 is 0. The van der Waals surface area contributed by atoms with Crippen molar-refractivity contribution in [3.8, 4) is 0 Å². The fraction of sp³-hybridized carbons (Fsp3) is 0.853. The Hall–Kier alpha value is -3.33. The highest BCUT2D eigenvalue weighted by atomic mass is 16.6. The Kier molecular flexibility index (Phi) is 22.6. The van der Waals surface area contributed by atoms with Gasteiger partial charge in [-0.3, -0.25) is 9.69 Å². The van der Waals surface area contributed by atoms with Gasteiger partial charge in [-0.2, -0.15) is 0 Å². The van der Waals surface area contributed by atoms with Gasteiger partial charge in [0.15, 0.2) is 0 Å². The van der Waals surface area contributed by atoms with Crippen LogP contribution in [0.3, 0.4) is 0 Å². The summed E-state index contributed by atoms with van der Waals surface area (Å²) in [6.07, 6.45) is 9.84. The molecule has 0 aliphatic carbocycles. The quantitative estimate of drug-likeness (QED) is 0.0510. The van der Waals surface area contributed by atoms with Crippen LogP contribution in [-0.4, -0.2) is 113 Å². The smallest absolute Gasteiger partial charge is 0.407 e. The van der Waals surface area contributed by atoms with Crippen LogP contribution in [-0.2, 0) is 28.5 Å². The maximum Gasteiger partial charge on any atom is 0.407 e. The zero-order valence-electron chi connectivity index (χ0n) is 29.7. The van der Waals surface area contributed by atoms with E-state index in [0.29, 0.717) is 77.7 Å². The van der Waals surface area contributed by atoms with Crippen molar-refractivity contribution in [2.75, 3.05) is 65.8 Å². The monoisotopic (exact) mass is 699 g/mol. The Morgan fingerprint density at radius 1 is 0.592 bits per heavy atom. The molecular formula is C34H61N5O10. The average Bonchev–Trinajstić information content (AvgIpc) is 4.01. The Labute approximate surface area is 291 Å². The summed E-state index contributed by atoms with van der Waals surface area (Å²) in [5.41, 5.74) is 0. The molecule has 2 unspecified atom stereocenters. The van der Waals surface area contributed by atoms with Crippen LogP contribution in [0.15, 0.2) is 0 Å². The van der Waals surface area contributed by atoms with Gasteiger partial charge in [0, 0.05) is 39.1 Å². The standard InChI is InChI=1S/C34H61N5O10/c1-27(2)22-47-32(42)36-18-12-5-3-4-10-16-30(40)39(21-15-9-8-14-20-38-34(44)49-26-29-24-46-29)31(41)35-17-11-6-7-13-19-37-33(43)48-25-28-23-45-28/h27-29H,3-26H2,1-2H3,(H,35,41)(H,36,42)(H,37,43)(H,38,44). The van der Waals surface area contributed by atoms with Crippen molar-refractivity contribution in [1.29, 1.82) is 0 Å². The highest BCUT2D eigenvalue weighted by molar-refractivity contribution is 5.94. The van der Waals surface area contributed by atoms with Crippen molar-refractivity contribution in [2.24, 2.45) is 5.92 Å². The summed E-state index contributed by atoms with van der Waals surface area (Å²) in [4.78, 5) is 62.3. The van der Waals surface area contributed by atoms with E-state index in [1.807, 2.05) is 13.8 Å². The fourth-order valence-electron chi connectivity index (χ4n) is 4.68. The van der Waals surface area contributed by atoms with Crippen molar-refractivity contribution in [3.05, 3.63) is 0 Å². The van der Waals surface area contributed by atoms with Gasteiger partial charge in [0.2, 0.25) is 5.91 Å². The Balaban J connectivity index is 1.59. The summed E-state index contributed by atoms with van der Waals surface area (Å²) in [5, 5.41) is 11.1. The number of urea groups is 1. The predicted molar refractivity (Wildman–Crippen MR) is 182 cm³/mol. The molecule has 2 heterocycles. The molecule has 2 aliphatic rings. The lowest BCUT2D eigenvalue weighted by molar-refractivity contribution is -0.128. The van der Waals surface area contributed by atoms with Gasteiger partial charge in [0.25, 0.3) is 0 Å². The summed E-state index contributed by atoms with van der Waals surface area (Å²) in [7, 11) is 0. The SMILES string of the molecule is CC(C)COC(=O)NCCCCCCCC(=O)N(CCCCCCNC(=O)OCC1CO1)C(=O)NCCCCCCNC(=O)OCC1CO1. The minimum Gasteiger partial charge on any atom is -0.449 e. The number of alkyl carbamates (subject to hydrolysis) is 3. The maximum absolute atomic E-state index is 13.1. The number of nitrogens with zero attached hydrogens (tertiary/aromatic N) is 1. The molecule has 15 heteroatoms. The number of rotatable bonds is 28. The Bertz CT molecular complexity index is 916. The minimum atomic E-state index is -0.446. The molecule has 2 aliphatic heterocycles. The molecule has 282 valence electrons. The number of imide groups is 1. The molecule has 49 heavy (non-hydrogen) atoms. The number of unbranched alkanes of at least 4 members (excludes halogenated alkanes) is 10. The van der Waals surface area contributed by atoms with Gasteiger partial charge in [0.05, 0.1) is 19.8 Å². The molecule has 0 saturated carbocycles.